The van der Waals surface area contributed by atoms with Crippen molar-refractivity contribution < 1.29 is 14.3 Å². The Morgan fingerprint density at radius 2 is 1.86 bits per heavy atom. The zero-order chi connectivity index (χ0) is 15.8. The van der Waals surface area contributed by atoms with E-state index in [1.807, 2.05) is 0 Å². The molecule has 0 atom stereocenters. The molecule has 7 nitrogen and oxygen atoms in total. The van der Waals surface area contributed by atoms with Crippen LogP contribution in [0.15, 0.2) is 0 Å². The largest absolute Gasteiger partial charge is 0.453 e. The highest BCUT2D eigenvalue weighted by Gasteiger charge is 2.46. The lowest BCUT2D eigenvalue weighted by molar-refractivity contribution is -0.141. The molecule has 1 spiro atoms. The van der Waals surface area contributed by atoms with Gasteiger partial charge in [-0.3, -0.25) is 4.79 Å². The van der Waals surface area contributed by atoms with E-state index in [0.29, 0.717) is 5.92 Å². The monoisotopic (exact) mass is 312 g/mol. The van der Waals surface area contributed by atoms with Crippen molar-refractivity contribution >= 4 is 12.0 Å². The van der Waals surface area contributed by atoms with Crippen molar-refractivity contribution in [3.8, 4) is 0 Å². The molecule has 3 heterocycles. The molecule has 4 N–H and O–H groups in total. The predicted molar refractivity (Wildman–Crippen MR) is 83.5 cm³/mol. The van der Waals surface area contributed by atoms with Crippen molar-refractivity contribution in [3.63, 3.8) is 0 Å². The third kappa shape index (κ3) is 4.58. The van der Waals surface area contributed by atoms with Gasteiger partial charge in [0.2, 0.25) is 5.91 Å². The van der Waals surface area contributed by atoms with Gasteiger partial charge < -0.3 is 26.0 Å². The van der Waals surface area contributed by atoms with E-state index in [-0.39, 0.29) is 17.4 Å². The van der Waals surface area contributed by atoms with Gasteiger partial charge in [0, 0.05) is 13.1 Å². The highest BCUT2D eigenvalue weighted by Crippen LogP contribution is 2.33. The number of alkyl carbamates (subject to hydrolysis) is 1. The number of hydrogen-bond acceptors (Lipinski definition) is 5. The molecule has 0 radical (unpaired) electrons. The van der Waals surface area contributed by atoms with Gasteiger partial charge in [-0.15, -0.1) is 0 Å². The fraction of sp³-hybridized carbons (Fsp3) is 0.867. The molecule has 3 aliphatic rings. The molecular formula is C15H28N4O3. The van der Waals surface area contributed by atoms with Crippen LogP contribution in [0.25, 0.3) is 0 Å². The first-order valence-corrected chi connectivity index (χ1v) is 8.18. The van der Waals surface area contributed by atoms with E-state index in [0.717, 1.165) is 65.0 Å². The summed E-state index contributed by atoms with van der Waals surface area (Å²) in [7, 11) is 1.39. The zero-order valence-corrected chi connectivity index (χ0v) is 13.4. The van der Waals surface area contributed by atoms with Crippen molar-refractivity contribution in [1.29, 1.82) is 0 Å². The summed E-state index contributed by atoms with van der Waals surface area (Å²) in [6.45, 7) is 5.80. The third-order valence-electron chi connectivity index (χ3n) is 4.81. The molecule has 0 saturated carbocycles. The van der Waals surface area contributed by atoms with Gasteiger partial charge in [0.1, 0.15) is 0 Å². The Morgan fingerprint density at radius 3 is 2.32 bits per heavy atom. The first kappa shape index (κ1) is 17.0. The number of piperidine rings is 2. The van der Waals surface area contributed by atoms with Crippen molar-refractivity contribution in [2.75, 3.05) is 46.4 Å². The number of ether oxygens (including phenoxy) is 1. The third-order valence-corrected chi connectivity index (χ3v) is 4.81. The standard InChI is InChI=1S/C8H16N2O2.C7H12N2O/c1-12-8(11)10-6-7-2-4-9-5-3-7;10-6-7(5-9-6)1-3-8-4-2-7/h7,9H,2-6H2,1H3,(H,10,11);8H,1-5H2,(H,9,10). The predicted octanol–water partition coefficient (Wildman–Crippen LogP) is -0.172. The minimum absolute atomic E-state index is 0.0469. The number of methoxy groups -OCH3 is 1. The number of carbonyl (C=O) groups is 2. The lowest BCUT2D eigenvalue weighted by Gasteiger charge is -2.43. The van der Waals surface area contributed by atoms with Crippen LogP contribution in [0, 0.1) is 11.3 Å². The summed E-state index contributed by atoms with van der Waals surface area (Å²) in [6, 6.07) is 0. The molecular weight excluding hydrogens is 284 g/mol. The summed E-state index contributed by atoms with van der Waals surface area (Å²) in [5.74, 6) is 0.888. The van der Waals surface area contributed by atoms with Crippen LogP contribution in [0.4, 0.5) is 4.79 Å². The van der Waals surface area contributed by atoms with E-state index >= 15 is 0 Å². The van der Waals surface area contributed by atoms with Crippen molar-refractivity contribution in [2.45, 2.75) is 25.7 Å². The quantitative estimate of drug-likeness (QED) is 0.531. The first-order chi connectivity index (χ1) is 10.7. The van der Waals surface area contributed by atoms with Crippen LogP contribution >= 0.6 is 0 Å². The topological polar surface area (TPSA) is 91.5 Å². The Balaban J connectivity index is 0.000000162. The lowest BCUT2D eigenvalue weighted by atomic mass is 9.73. The van der Waals surface area contributed by atoms with Gasteiger partial charge in [-0.05, 0) is 57.8 Å². The van der Waals surface area contributed by atoms with Crippen molar-refractivity contribution in [2.24, 2.45) is 11.3 Å². The van der Waals surface area contributed by atoms with Crippen LogP contribution in [0.2, 0.25) is 0 Å². The molecule has 3 saturated heterocycles. The van der Waals surface area contributed by atoms with Gasteiger partial charge in [0.15, 0.2) is 0 Å². The molecule has 7 heteroatoms. The summed E-state index contributed by atoms with van der Waals surface area (Å²) >= 11 is 0. The smallest absolute Gasteiger partial charge is 0.406 e. The van der Waals surface area contributed by atoms with E-state index < -0.39 is 0 Å². The van der Waals surface area contributed by atoms with Gasteiger partial charge in [0.25, 0.3) is 0 Å². The highest BCUT2D eigenvalue weighted by atomic mass is 16.5. The maximum Gasteiger partial charge on any atom is 0.406 e. The zero-order valence-electron chi connectivity index (χ0n) is 13.4. The average molecular weight is 312 g/mol. The molecule has 2 amide bonds. The Kier molecular flexibility index (Phi) is 6.45. The van der Waals surface area contributed by atoms with Gasteiger partial charge in [-0.25, -0.2) is 4.79 Å². The number of nitrogens with one attached hydrogen (secondary N) is 4. The first-order valence-electron chi connectivity index (χ1n) is 8.18. The second kappa shape index (κ2) is 8.33. The average Bonchev–Trinajstić information content (AvgIpc) is 2.60. The Morgan fingerprint density at radius 1 is 1.23 bits per heavy atom. The number of rotatable bonds is 2. The minimum Gasteiger partial charge on any atom is -0.453 e. The van der Waals surface area contributed by atoms with Crippen molar-refractivity contribution in [1.82, 2.24) is 21.3 Å². The van der Waals surface area contributed by atoms with Crippen LogP contribution < -0.4 is 21.3 Å². The summed E-state index contributed by atoms with van der Waals surface area (Å²) in [4.78, 5) is 21.8. The van der Waals surface area contributed by atoms with Crippen molar-refractivity contribution in [3.05, 3.63) is 0 Å². The van der Waals surface area contributed by atoms with Crippen LogP contribution in [0.3, 0.4) is 0 Å². The van der Waals surface area contributed by atoms with Crippen LogP contribution in [-0.4, -0.2) is 58.4 Å². The maximum atomic E-state index is 11.1. The Bertz CT molecular complexity index is 377. The van der Waals surface area contributed by atoms with E-state index in [9.17, 15) is 9.59 Å². The fourth-order valence-corrected chi connectivity index (χ4v) is 3.11. The molecule has 0 aromatic heterocycles. The van der Waals surface area contributed by atoms with Gasteiger partial charge in [0.05, 0.1) is 12.5 Å². The van der Waals surface area contributed by atoms with Gasteiger partial charge >= 0.3 is 6.09 Å². The van der Waals surface area contributed by atoms with E-state index in [4.69, 9.17) is 0 Å². The lowest BCUT2D eigenvalue weighted by Crippen LogP contribution is -2.62. The summed E-state index contributed by atoms with van der Waals surface area (Å²) < 4.78 is 4.48. The van der Waals surface area contributed by atoms with Gasteiger partial charge in [-0.1, -0.05) is 0 Å². The van der Waals surface area contributed by atoms with Crippen LogP contribution in [0.5, 0.6) is 0 Å². The molecule has 0 aromatic rings. The number of amides is 2. The molecule has 0 unspecified atom stereocenters. The second-order valence-corrected chi connectivity index (χ2v) is 6.28. The maximum absolute atomic E-state index is 11.1. The number of hydrogen-bond donors (Lipinski definition) is 4. The SMILES string of the molecule is COC(=O)NCC1CCNCC1.O=C1NCC12CCNCC2. The molecule has 22 heavy (non-hydrogen) atoms. The molecule has 3 fully saturated rings. The summed E-state index contributed by atoms with van der Waals surface area (Å²) in [6.07, 6.45) is 4.01. The highest BCUT2D eigenvalue weighted by molar-refractivity contribution is 5.88. The van der Waals surface area contributed by atoms with E-state index in [1.54, 1.807) is 0 Å². The van der Waals surface area contributed by atoms with Crippen LogP contribution in [0.1, 0.15) is 25.7 Å². The summed E-state index contributed by atoms with van der Waals surface area (Å²) in [5.41, 5.74) is 0.0469. The Labute approximate surface area is 131 Å². The van der Waals surface area contributed by atoms with Gasteiger partial charge in [-0.2, -0.15) is 0 Å². The second-order valence-electron chi connectivity index (χ2n) is 6.28. The van der Waals surface area contributed by atoms with E-state index in [1.165, 1.54) is 7.11 Å². The molecule has 3 aliphatic heterocycles. The van der Waals surface area contributed by atoms with Crippen LogP contribution in [-0.2, 0) is 9.53 Å². The number of carbonyl (C=O) groups excluding carboxylic acids is 2. The molecule has 0 aliphatic carbocycles. The Hall–Kier alpha value is -1.34. The fourth-order valence-electron chi connectivity index (χ4n) is 3.11. The molecule has 0 bridgehead atoms. The minimum atomic E-state index is -0.325. The normalized spacial score (nSPS) is 23.6. The number of β-lactam (4-membered cyclic amide) rings is 1. The molecule has 0 aromatic carbocycles. The molecule has 3 rings (SSSR count). The molecule has 126 valence electrons. The van der Waals surface area contributed by atoms with E-state index in [2.05, 4.69) is 26.0 Å². The summed E-state index contributed by atoms with van der Waals surface area (Å²) in [5, 5.41) is 12.0.